The molecule has 158 valence electrons. The number of thiophene rings is 1. The Bertz CT molecular complexity index is 1060. The lowest BCUT2D eigenvalue weighted by Gasteiger charge is -2.26. The average Bonchev–Trinajstić information content (AvgIpc) is 3.15. The molecule has 1 aliphatic rings. The summed E-state index contributed by atoms with van der Waals surface area (Å²) in [6.45, 7) is 6.61. The van der Waals surface area contributed by atoms with Gasteiger partial charge in [-0.2, -0.15) is 0 Å². The van der Waals surface area contributed by atoms with E-state index < -0.39 is 5.91 Å². The van der Waals surface area contributed by atoms with Crippen LogP contribution in [0.25, 0.3) is 20.5 Å². The third-order valence-corrected chi connectivity index (χ3v) is 7.11. The van der Waals surface area contributed by atoms with Crippen LogP contribution < -0.4 is 11.1 Å². The maximum absolute atomic E-state index is 12.0. The van der Waals surface area contributed by atoms with Crippen LogP contribution in [0, 0.1) is 0 Å². The fourth-order valence-electron chi connectivity index (χ4n) is 4.01. The maximum Gasteiger partial charge on any atom is 0.251 e. The molecule has 0 atom stereocenters. The van der Waals surface area contributed by atoms with E-state index >= 15 is 0 Å². The molecule has 4 rings (SSSR count). The van der Waals surface area contributed by atoms with Gasteiger partial charge in [-0.05, 0) is 48.3 Å². The number of nitrogens with zero attached hydrogens (tertiary/aromatic N) is 1. The number of aromatic nitrogens is 1. The molecule has 0 bridgehead atoms. The minimum atomic E-state index is -0.462. The lowest BCUT2D eigenvalue weighted by Crippen LogP contribution is -2.28. The molecular weight excluding hydrogens is 394 g/mol. The first-order valence-corrected chi connectivity index (χ1v) is 11.3. The van der Waals surface area contributed by atoms with Crippen LogP contribution >= 0.6 is 11.3 Å². The first-order valence-electron chi connectivity index (χ1n) is 10.5. The minimum absolute atomic E-state index is 0.104. The Labute approximate surface area is 181 Å². The first-order chi connectivity index (χ1) is 14.2. The number of aliphatic hydroxyl groups is 1. The second-order valence-electron chi connectivity index (χ2n) is 9.22. The zero-order chi connectivity index (χ0) is 21.5. The molecule has 1 aromatic carbocycles. The summed E-state index contributed by atoms with van der Waals surface area (Å²) < 4.78 is 0.866. The topological polar surface area (TPSA) is 88.2 Å². The van der Waals surface area contributed by atoms with E-state index in [2.05, 4.69) is 61.4 Å². The normalized spacial score (nSPS) is 19.7. The highest BCUT2D eigenvalue weighted by molar-refractivity contribution is 7.22. The second-order valence-corrected chi connectivity index (χ2v) is 10.3. The predicted molar refractivity (Wildman–Crippen MR) is 124 cm³/mol. The van der Waals surface area contributed by atoms with Crippen molar-refractivity contribution in [3.8, 4) is 10.4 Å². The molecule has 30 heavy (non-hydrogen) atoms. The SMILES string of the molecule is CC(C)(C)c1ccc(-c2cc3c(N[C@H]4CC[C@H](O)CC4)ncc(C(N)=O)c3s2)cc1. The summed E-state index contributed by atoms with van der Waals surface area (Å²) in [5.74, 6) is 0.321. The summed E-state index contributed by atoms with van der Waals surface area (Å²) in [6, 6.07) is 11.0. The summed E-state index contributed by atoms with van der Waals surface area (Å²) in [5, 5.41) is 14.2. The van der Waals surface area contributed by atoms with Gasteiger partial charge in [-0.15, -0.1) is 11.3 Å². The quantitative estimate of drug-likeness (QED) is 0.546. The Morgan fingerprint density at radius 3 is 2.43 bits per heavy atom. The van der Waals surface area contributed by atoms with E-state index in [1.54, 1.807) is 17.5 Å². The molecule has 0 unspecified atom stereocenters. The fraction of sp³-hybridized carbons (Fsp3) is 0.417. The summed E-state index contributed by atoms with van der Waals surface area (Å²) >= 11 is 1.57. The number of carbonyl (C=O) groups is 1. The highest BCUT2D eigenvalue weighted by atomic mass is 32.1. The number of nitrogens with one attached hydrogen (secondary N) is 1. The van der Waals surface area contributed by atoms with Crippen molar-refractivity contribution in [2.45, 2.75) is 64.0 Å². The van der Waals surface area contributed by atoms with Crippen LogP contribution in [-0.2, 0) is 5.41 Å². The molecule has 0 saturated heterocycles. The largest absolute Gasteiger partial charge is 0.393 e. The van der Waals surface area contributed by atoms with Crippen molar-refractivity contribution in [1.29, 1.82) is 0 Å². The van der Waals surface area contributed by atoms with Crippen molar-refractivity contribution in [2.24, 2.45) is 5.73 Å². The van der Waals surface area contributed by atoms with E-state index in [9.17, 15) is 9.90 Å². The Balaban J connectivity index is 1.72. The molecule has 0 spiro atoms. The van der Waals surface area contributed by atoms with Crippen LogP contribution in [0.3, 0.4) is 0 Å². The second kappa shape index (κ2) is 8.00. The van der Waals surface area contributed by atoms with E-state index in [-0.39, 0.29) is 17.6 Å². The molecule has 4 N–H and O–H groups in total. The molecule has 0 aliphatic heterocycles. The van der Waals surface area contributed by atoms with E-state index in [1.807, 2.05) is 0 Å². The van der Waals surface area contributed by atoms with Crippen LogP contribution in [0.1, 0.15) is 62.4 Å². The highest BCUT2D eigenvalue weighted by Crippen LogP contribution is 2.39. The smallest absolute Gasteiger partial charge is 0.251 e. The maximum atomic E-state index is 12.0. The van der Waals surface area contributed by atoms with E-state index in [4.69, 9.17) is 5.73 Å². The van der Waals surface area contributed by atoms with Crippen molar-refractivity contribution in [3.05, 3.63) is 47.7 Å². The average molecular weight is 424 g/mol. The molecule has 3 aromatic rings. The van der Waals surface area contributed by atoms with Gasteiger partial charge in [0.05, 0.1) is 16.4 Å². The lowest BCUT2D eigenvalue weighted by molar-refractivity contribution is 0.100. The molecule has 2 aromatic heterocycles. The van der Waals surface area contributed by atoms with Crippen molar-refractivity contribution in [1.82, 2.24) is 4.98 Å². The number of primary amides is 1. The van der Waals surface area contributed by atoms with Gasteiger partial charge in [-0.3, -0.25) is 4.79 Å². The Hall–Kier alpha value is -2.44. The Kier molecular flexibility index (Phi) is 5.55. The van der Waals surface area contributed by atoms with E-state index in [1.165, 1.54) is 5.56 Å². The van der Waals surface area contributed by atoms with E-state index in [0.717, 1.165) is 52.0 Å². The zero-order valence-electron chi connectivity index (χ0n) is 17.7. The Morgan fingerprint density at radius 1 is 1.17 bits per heavy atom. The van der Waals surface area contributed by atoms with Crippen LogP contribution in [0.5, 0.6) is 0 Å². The summed E-state index contributed by atoms with van der Waals surface area (Å²) in [4.78, 5) is 17.6. The fourth-order valence-corrected chi connectivity index (χ4v) is 5.18. The summed E-state index contributed by atoms with van der Waals surface area (Å²) in [5.41, 5.74) is 8.59. The first kappa shape index (κ1) is 20.8. The van der Waals surface area contributed by atoms with Crippen LogP contribution in [0.15, 0.2) is 36.5 Å². The number of pyridine rings is 1. The van der Waals surface area contributed by atoms with Gasteiger partial charge in [0.15, 0.2) is 0 Å². The molecule has 1 fully saturated rings. The number of hydrogen-bond donors (Lipinski definition) is 3. The van der Waals surface area contributed by atoms with Crippen LogP contribution in [0.4, 0.5) is 5.82 Å². The summed E-state index contributed by atoms with van der Waals surface area (Å²) in [6.07, 6.45) is 4.80. The third kappa shape index (κ3) is 4.20. The third-order valence-electron chi connectivity index (χ3n) is 5.89. The molecule has 2 heterocycles. The predicted octanol–water partition coefficient (Wildman–Crippen LogP) is 5.08. The molecule has 1 aliphatic carbocycles. The van der Waals surface area contributed by atoms with Crippen molar-refractivity contribution < 1.29 is 9.90 Å². The van der Waals surface area contributed by atoms with Gasteiger partial charge in [0.25, 0.3) is 5.91 Å². The lowest BCUT2D eigenvalue weighted by atomic mass is 9.86. The van der Waals surface area contributed by atoms with Crippen molar-refractivity contribution in [3.63, 3.8) is 0 Å². The standard InChI is InChI=1S/C24H29N3O2S/c1-24(2,3)15-6-4-14(5-7-15)20-12-18-21(30-20)19(22(25)29)13-26-23(18)27-16-8-10-17(28)11-9-16/h4-7,12-13,16-17,28H,8-11H2,1-3H3,(H2,25,29)(H,26,27)/t16-,17-. The summed E-state index contributed by atoms with van der Waals surface area (Å²) in [7, 11) is 0. The molecule has 5 nitrogen and oxygen atoms in total. The molecule has 6 heteroatoms. The van der Waals surface area contributed by atoms with Gasteiger partial charge < -0.3 is 16.2 Å². The molecule has 0 radical (unpaired) electrons. The number of aliphatic hydroxyl groups excluding tert-OH is 1. The van der Waals surface area contributed by atoms with E-state index in [0.29, 0.717) is 5.56 Å². The Morgan fingerprint density at radius 2 is 1.83 bits per heavy atom. The number of rotatable bonds is 4. The van der Waals surface area contributed by atoms with Crippen molar-refractivity contribution in [2.75, 3.05) is 5.32 Å². The highest BCUT2D eigenvalue weighted by Gasteiger charge is 2.22. The number of hydrogen-bond acceptors (Lipinski definition) is 5. The van der Waals surface area contributed by atoms with Crippen molar-refractivity contribution >= 4 is 33.1 Å². The number of amides is 1. The molecular formula is C24H29N3O2S. The van der Waals surface area contributed by atoms with Gasteiger partial charge in [0.2, 0.25) is 0 Å². The van der Waals surface area contributed by atoms with Crippen LogP contribution in [-0.4, -0.2) is 28.1 Å². The monoisotopic (exact) mass is 423 g/mol. The number of fused-ring (bicyclic) bond motifs is 1. The van der Waals surface area contributed by atoms with Gasteiger partial charge >= 0.3 is 0 Å². The number of benzene rings is 1. The van der Waals surface area contributed by atoms with Gasteiger partial charge in [-0.1, -0.05) is 45.0 Å². The molecule has 1 saturated carbocycles. The molecule has 1 amide bonds. The van der Waals surface area contributed by atoms with Gasteiger partial charge in [-0.25, -0.2) is 4.98 Å². The number of nitrogens with two attached hydrogens (primary N) is 1. The minimum Gasteiger partial charge on any atom is -0.393 e. The number of anilines is 1. The van der Waals surface area contributed by atoms with Gasteiger partial charge in [0.1, 0.15) is 5.82 Å². The number of carbonyl (C=O) groups excluding carboxylic acids is 1. The van der Waals surface area contributed by atoms with Gasteiger partial charge in [0, 0.05) is 22.5 Å². The van der Waals surface area contributed by atoms with Crippen LogP contribution in [0.2, 0.25) is 0 Å². The zero-order valence-corrected chi connectivity index (χ0v) is 18.6.